The Kier molecular flexibility index (Phi) is 4.05. The molecule has 0 aliphatic carbocycles. The highest BCUT2D eigenvalue weighted by Crippen LogP contribution is 2.16. The van der Waals surface area contributed by atoms with Crippen molar-refractivity contribution in [3.63, 3.8) is 0 Å². The number of hydrogen-bond donors (Lipinski definition) is 2. The number of nitrogens with zero attached hydrogens (tertiary/aromatic N) is 1. The van der Waals surface area contributed by atoms with Crippen LogP contribution in [0.4, 0.5) is 0 Å². The number of aromatic nitrogens is 1. The van der Waals surface area contributed by atoms with E-state index in [1.165, 1.54) is 5.56 Å². The first-order valence-electron chi connectivity index (χ1n) is 8.43. The Morgan fingerprint density at radius 2 is 1.92 bits per heavy atom. The summed E-state index contributed by atoms with van der Waals surface area (Å²) < 4.78 is 0. The number of H-pyrrole nitrogens is 1. The van der Waals surface area contributed by atoms with Crippen LogP contribution in [-0.2, 0) is 6.54 Å². The highest BCUT2D eigenvalue weighted by Gasteiger charge is 2.24. The summed E-state index contributed by atoms with van der Waals surface area (Å²) in [6, 6.07) is 20.6. The van der Waals surface area contributed by atoms with Gasteiger partial charge in [0.25, 0.3) is 5.91 Å². The zero-order valence-corrected chi connectivity index (χ0v) is 13.5. The third-order valence-corrected chi connectivity index (χ3v) is 4.63. The second-order valence-electron chi connectivity index (χ2n) is 6.45. The van der Waals surface area contributed by atoms with Crippen LogP contribution in [0.1, 0.15) is 22.5 Å². The molecule has 1 unspecified atom stereocenters. The van der Waals surface area contributed by atoms with Crippen molar-refractivity contribution in [3.05, 3.63) is 71.9 Å². The van der Waals surface area contributed by atoms with E-state index in [-0.39, 0.29) is 11.9 Å². The van der Waals surface area contributed by atoms with Crippen LogP contribution in [0.3, 0.4) is 0 Å². The van der Waals surface area contributed by atoms with Gasteiger partial charge in [0.2, 0.25) is 0 Å². The summed E-state index contributed by atoms with van der Waals surface area (Å²) in [5.41, 5.74) is 2.96. The molecule has 0 radical (unpaired) electrons. The molecule has 1 saturated heterocycles. The zero-order valence-electron chi connectivity index (χ0n) is 13.5. The van der Waals surface area contributed by atoms with E-state index in [4.69, 9.17) is 0 Å². The first kappa shape index (κ1) is 15.0. The summed E-state index contributed by atoms with van der Waals surface area (Å²) in [6.45, 7) is 2.87. The molecular weight excluding hydrogens is 298 g/mol. The number of carbonyl (C=O) groups is 1. The van der Waals surface area contributed by atoms with Crippen LogP contribution in [0, 0.1) is 0 Å². The van der Waals surface area contributed by atoms with Crippen molar-refractivity contribution in [2.45, 2.75) is 19.0 Å². The molecule has 0 saturated carbocycles. The van der Waals surface area contributed by atoms with Gasteiger partial charge in [0.05, 0.1) is 0 Å². The molecule has 1 aliphatic heterocycles. The van der Waals surface area contributed by atoms with Crippen molar-refractivity contribution in [3.8, 4) is 0 Å². The minimum absolute atomic E-state index is 0.0160. The standard InChI is InChI=1S/C20H21N3O/c24-20(19-12-16-8-4-5-9-18(16)22-19)21-17-10-11-23(14-17)13-15-6-2-1-3-7-15/h1-9,12,17,22H,10-11,13-14H2,(H,21,24). The molecule has 2 N–H and O–H groups in total. The number of amides is 1. The van der Waals surface area contributed by atoms with Gasteiger partial charge in [0.15, 0.2) is 0 Å². The number of hydrogen-bond acceptors (Lipinski definition) is 2. The molecule has 4 nitrogen and oxygen atoms in total. The predicted octanol–water partition coefficient (Wildman–Crippen LogP) is 3.17. The molecule has 122 valence electrons. The Labute approximate surface area is 141 Å². The molecule has 3 aromatic rings. The molecule has 24 heavy (non-hydrogen) atoms. The van der Waals surface area contributed by atoms with E-state index in [2.05, 4.69) is 39.5 Å². The summed E-state index contributed by atoms with van der Waals surface area (Å²) in [7, 11) is 0. The van der Waals surface area contributed by atoms with Crippen molar-refractivity contribution in [1.82, 2.24) is 15.2 Å². The fourth-order valence-corrected chi connectivity index (χ4v) is 3.39. The van der Waals surface area contributed by atoms with Gasteiger partial charge >= 0.3 is 0 Å². The summed E-state index contributed by atoms with van der Waals surface area (Å²) in [4.78, 5) is 18.1. The largest absolute Gasteiger partial charge is 0.351 e. The molecule has 2 aromatic carbocycles. The Morgan fingerprint density at radius 1 is 1.12 bits per heavy atom. The highest BCUT2D eigenvalue weighted by atomic mass is 16.2. The van der Waals surface area contributed by atoms with E-state index in [1.807, 2.05) is 36.4 Å². The van der Waals surface area contributed by atoms with Crippen LogP contribution in [0.25, 0.3) is 10.9 Å². The normalized spacial score (nSPS) is 18.1. The molecular formula is C20H21N3O. The summed E-state index contributed by atoms with van der Waals surface area (Å²) >= 11 is 0. The second-order valence-corrected chi connectivity index (χ2v) is 6.45. The molecule has 0 spiro atoms. The van der Waals surface area contributed by atoms with E-state index in [9.17, 15) is 4.79 Å². The highest BCUT2D eigenvalue weighted by molar-refractivity contribution is 5.98. The van der Waals surface area contributed by atoms with Gasteiger partial charge in [-0.1, -0.05) is 48.5 Å². The number of carbonyl (C=O) groups excluding carboxylic acids is 1. The van der Waals surface area contributed by atoms with E-state index < -0.39 is 0 Å². The van der Waals surface area contributed by atoms with E-state index >= 15 is 0 Å². The Morgan fingerprint density at radius 3 is 2.75 bits per heavy atom. The molecule has 1 amide bonds. The van der Waals surface area contributed by atoms with Crippen molar-refractivity contribution in [2.75, 3.05) is 13.1 Å². The molecule has 0 bridgehead atoms. The van der Waals surface area contributed by atoms with Crippen LogP contribution >= 0.6 is 0 Å². The number of nitrogens with one attached hydrogen (secondary N) is 2. The first-order valence-corrected chi connectivity index (χ1v) is 8.43. The molecule has 1 aliphatic rings. The number of rotatable bonds is 4. The van der Waals surface area contributed by atoms with E-state index in [1.54, 1.807) is 0 Å². The van der Waals surface area contributed by atoms with Crippen LogP contribution in [0.5, 0.6) is 0 Å². The predicted molar refractivity (Wildman–Crippen MR) is 95.9 cm³/mol. The Hall–Kier alpha value is -2.59. The lowest BCUT2D eigenvalue weighted by Crippen LogP contribution is -2.37. The average molecular weight is 319 g/mol. The van der Waals surface area contributed by atoms with Crippen LogP contribution in [0.2, 0.25) is 0 Å². The lowest BCUT2D eigenvalue weighted by Gasteiger charge is -2.16. The zero-order chi connectivity index (χ0) is 16.4. The monoisotopic (exact) mass is 319 g/mol. The number of likely N-dealkylation sites (tertiary alicyclic amines) is 1. The van der Waals surface area contributed by atoms with Gasteiger partial charge < -0.3 is 10.3 Å². The third-order valence-electron chi connectivity index (χ3n) is 4.63. The molecule has 1 atom stereocenters. The van der Waals surface area contributed by atoms with Gasteiger partial charge in [0, 0.05) is 36.6 Å². The van der Waals surface area contributed by atoms with Gasteiger partial charge in [-0.05, 0) is 24.1 Å². The maximum Gasteiger partial charge on any atom is 0.267 e. The van der Waals surface area contributed by atoms with Crippen LogP contribution < -0.4 is 5.32 Å². The average Bonchev–Trinajstić information content (AvgIpc) is 3.22. The van der Waals surface area contributed by atoms with Gasteiger partial charge in [-0.3, -0.25) is 9.69 Å². The number of benzene rings is 2. The van der Waals surface area contributed by atoms with Crippen molar-refractivity contribution in [2.24, 2.45) is 0 Å². The Balaban J connectivity index is 1.36. The molecule has 1 aromatic heterocycles. The van der Waals surface area contributed by atoms with E-state index in [0.717, 1.165) is 37.0 Å². The molecule has 4 rings (SSSR count). The second kappa shape index (κ2) is 6.49. The minimum atomic E-state index is -0.0160. The van der Waals surface area contributed by atoms with Crippen molar-refractivity contribution < 1.29 is 4.79 Å². The van der Waals surface area contributed by atoms with Crippen LogP contribution in [-0.4, -0.2) is 34.9 Å². The number of fused-ring (bicyclic) bond motifs is 1. The van der Waals surface area contributed by atoms with Gasteiger partial charge in [0.1, 0.15) is 5.69 Å². The maximum atomic E-state index is 12.5. The lowest BCUT2D eigenvalue weighted by molar-refractivity contribution is 0.0933. The van der Waals surface area contributed by atoms with Crippen molar-refractivity contribution >= 4 is 16.8 Å². The third kappa shape index (κ3) is 3.19. The van der Waals surface area contributed by atoms with E-state index in [0.29, 0.717) is 5.69 Å². The Bertz CT molecular complexity index is 807. The quantitative estimate of drug-likeness (QED) is 0.776. The maximum absolute atomic E-state index is 12.5. The molecule has 2 heterocycles. The minimum Gasteiger partial charge on any atom is -0.351 e. The topological polar surface area (TPSA) is 48.1 Å². The van der Waals surface area contributed by atoms with Crippen molar-refractivity contribution in [1.29, 1.82) is 0 Å². The molecule has 4 heteroatoms. The molecule has 1 fully saturated rings. The summed E-state index contributed by atoms with van der Waals surface area (Å²) in [5.74, 6) is -0.0160. The number of aromatic amines is 1. The van der Waals surface area contributed by atoms with Gasteiger partial charge in [-0.25, -0.2) is 0 Å². The summed E-state index contributed by atoms with van der Waals surface area (Å²) in [6.07, 6.45) is 0.999. The number of para-hydroxylation sites is 1. The van der Waals surface area contributed by atoms with Gasteiger partial charge in [-0.15, -0.1) is 0 Å². The first-order chi connectivity index (χ1) is 11.8. The van der Waals surface area contributed by atoms with Crippen LogP contribution in [0.15, 0.2) is 60.7 Å². The summed E-state index contributed by atoms with van der Waals surface area (Å²) in [5, 5.41) is 4.23. The smallest absolute Gasteiger partial charge is 0.267 e. The van der Waals surface area contributed by atoms with Gasteiger partial charge in [-0.2, -0.15) is 0 Å². The fraction of sp³-hybridized carbons (Fsp3) is 0.250. The SMILES string of the molecule is O=C(NC1CCN(Cc2ccccc2)C1)c1cc2ccccc2[nH]1. The fourth-order valence-electron chi connectivity index (χ4n) is 3.39. The lowest BCUT2D eigenvalue weighted by atomic mass is 10.2.